The van der Waals surface area contributed by atoms with Gasteiger partial charge in [-0.15, -0.1) is 11.3 Å². The first-order chi connectivity index (χ1) is 11.2. The van der Waals surface area contributed by atoms with E-state index >= 15 is 0 Å². The summed E-state index contributed by atoms with van der Waals surface area (Å²) in [4.78, 5) is 9.39. The average Bonchev–Trinajstić information content (AvgIpc) is 3.09. The molecule has 0 amide bonds. The van der Waals surface area contributed by atoms with Crippen LogP contribution in [0.25, 0.3) is 15.9 Å². The Hall–Kier alpha value is -2.15. The number of hydrogen-bond acceptors (Lipinski definition) is 5. The molecule has 0 bridgehead atoms. The van der Waals surface area contributed by atoms with Crippen molar-refractivity contribution in [3.8, 4) is 0 Å². The third kappa shape index (κ3) is 2.65. The number of fused-ring (bicyclic) bond motifs is 2. The number of anilines is 1. The van der Waals surface area contributed by atoms with Crippen LogP contribution in [0.3, 0.4) is 0 Å². The molecule has 0 aliphatic rings. The number of halogens is 2. The van der Waals surface area contributed by atoms with Crippen LogP contribution < -0.4 is 5.43 Å². The van der Waals surface area contributed by atoms with Crippen LogP contribution >= 0.6 is 34.5 Å². The summed E-state index contributed by atoms with van der Waals surface area (Å²) in [5.41, 5.74) is 5.40. The quantitative estimate of drug-likeness (QED) is 0.425. The monoisotopic (exact) mass is 361 g/mol. The van der Waals surface area contributed by atoms with Gasteiger partial charge in [0, 0.05) is 28.2 Å². The van der Waals surface area contributed by atoms with Crippen LogP contribution in [0.2, 0.25) is 10.2 Å². The molecule has 5 nitrogen and oxygen atoms in total. The minimum Gasteiger partial charge on any atom is -0.288 e. The number of rotatable bonds is 3. The lowest BCUT2D eigenvalue weighted by Crippen LogP contribution is -1.95. The van der Waals surface area contributed by atoms with Gasteiger partial charge in [-0.25, -0.2) is 4.98 Å². The molecule has 1 aromatic carbocycles. The summed E-state index contributed by atoms with van der Waals surface area (Å²) in [5.74, 6) is 0. The Morgan fingerprint density at radius 3 is 3.09 bits per heavy atom. The van der Waals surface area contributed by atoms with E-state index in [4.69, 9.17) is 23.2 Å². The molecule has 8 heteroatoms. The maximum absolute atomic E-state index is 6.13. The molecule has 23 heavy (non-hydrogen) atoms. The molecule has 0 unspecified atom stereocenters. The summed E-state index contributed by atoms with van der Waals surface area (Å²) >= 11 is 13.6. The topological polar surface area (TPSA) is 54.6 Å². The van der Waals surface area contributed by atoms with Crippen LogP contribution in [0, 0.1) is 0 Å². The molecule has 0 spiro atoms. The van der Waals surface area contributed by atoms with E-state index in [2.05, 4.69) is 20.5 Å². The van der Waals surface area contributed by atoms with E-state index in [1.165, 1.54) is 11.3 Å². The number of pyridine rings is 1. The lowest BCUT2D eigenvalue weighted by molar-refractivity contribution is 1.21. The van der Waals surface area contributed by atoms with E-state index < -0.39 is 0 Å². The molecule has 0 radical (unpaired) electrons. The number of nitrogens with zero attached hydrogens (tertiary/aromatic N) is 4. The van der Waals surface area contributed by atoms with Gasteiger partial charge in [0.05, 0.1) is 17.4 Å². The van der Waals surface area contributed by atoms with Gasteiger partial charge in [0.25, 0.3) is 0 Å². The zero-order valence-corrected chi connectivity index (χ0v) is 13.9. The largest absolute Gasteiger partial charge is 0.288 e. The van der Waals surface area contributed by atoms with Crippen molar-refractivity contribution in [2.45, 2.75) is 0 Å². The average molecular weight is 362 g/mol. The predicted octanol–water partition coefficient (Wildman–Crippen LogP) is 4.70. The fourth-order valence-electron chi connectivity index (χ4n) is 2.27. The highest BCUT2D eigenvalue weighted by Crippen LogP contribution is 2.24. The van der Waals surface area contributed by atoms with Gasteiger partial charge in [0.15, 0.2) is 10.1 Å². The number of thiazole rings is 1. The maximum Gasteiger partial charge on any atom is 0.195 e. The summed E-state index contributed by atoms with van der Waals surface area (Å²) in [6.07, 6.45) is 5.26. The lowest BCUT2D eigenvalue weighted by Gasteiger charge is -2.05. The van der Waals surface area contributed by atoms with Gasteiger partial charge in [-0.05, 0) is 24.3 Å². The summed E-state index contributed by atoms with van der Waals surface area (Å²) in [6.45, 7) is 0. The zero-order valence-electron chi connectivity index (χ0n) is 11.6. The second kappa shape index (κ2) is 5.81. The Labute approximate surface area is 145 Å². The first-order valence-corrected chi connectivity index (χ1v) is 8.30. The van der Waals surface area contributed by atoms with E-state index in [0.29, 0.717) is 10.2 Å². The van der Waals surface area contributed by atoms with E-state index in [-0.39, 0.29) is 0 Å². The first kappa shape index (κ1) is 14.4. The highest BCUT2D eigenvalue weighted by molar-refractivity contribution is 7.15. The third-order valence-electron chi connectivity index (χ3n) is 3.33. The van der Waals surface area contributed by atoms with Crippen molar-refractivity contribution in [2.75, 3.05) is 5.43 Å². The predicted molar refractivity (Wildman–Crippen MR) is 96.0 cm³/mol. The SMILES string of the molecule is Clc1ccc2c(N/N=C\c3c(Cl)nc4sccn34)ccnc2c1. The van der Waals surface area contributed by atoms with Crippen LogP contribution in [0.15, 0.2) is 47.1 Å². The number of imidazole rings is 1. The van der Waals surface area contributed by atoms with Crippen LogP contribution in [0.1, 0.15) is 5.69 Å². The van der Waals surface area contributed by atoms with Gasteiger partial charge in [0.2, 0.25) is 0 Å². The molecule has 0 saturated carbocycles. The summed E-state index contributed by atoms with van der Waals surface area (Å²) in [6, 6.07) is 7.40. The van der Waals surface area contributed by atoms with Crippen LogP contribution in [-0.2, 0) is 0 Å². The molecular formula is C15H9Cl2N5S. The fourth-order valence-corrected chi connectivity index (χ4v) is 3.43. The van der Waals surface area contributed by atoms with Crippen molar-refractivity contribution < 1.29 is 0 Å². The number of hydrogen-bond donors (Lipinski definition) is 1. The molecule has 114 valence electrons. The molecule has 0 aliphatic heterocycles. The van der Waals surface area contributed by atoms with Crippen LogP contribution in [0.5, 0.6) is 0 Å². The van der Waals surface area contributed by atoms with Crippen LogP contribution in [0.4, 0.5) is 5.69 Å². The molecule has 0 aliphatic carbocycles. The smallest absolute Gasteiger partial charge is 0.195 e. The Bertz CT molecular complexity index is 1040. The minimum absolute atomic E-state index is 0.425. The molecule has 3 aromatic heterocycles. The molecule has 3 heterocycles. The summed E-state index contributed by atoms with van der Waals surface area (Å²) in [5, 5.41) is 8.23. The molecule has 1 N–H and O–H groups in total. The van der Waals surface area contributed by atoms with Crippen molar-refractivity contribution in [2.24, 2.45) is 5.10 Å². The standard InChI is InChI=1S/C15H9Cl2N5S/c16-9-1-2-10-11(3-4-18-12(10)7-9)21-19-8-13-14(17)20-15-22(13)5-6-23-15/h1-8H,(H,18,21)/b19-8-. The Morgan fingerprint density at radius 1 is 1.26 bits per heavy atom. The highest BCUT2D eigenvalue weighted by atomic mass is 35.5. The van der Waals surface area contributed by atoms with E-state index in [0.717, 1.165) is 27.2 Å². The molecular weight excluding hydrogens is 353 g/mol. The first-order valence-electron chi connectivity index (χ1n) is 6.67. The van der Waals surface area contributed by atoms with Crippen molar-refractivity contribution in [1.29, 1.82) is 0 Å². The molecule has 4 rings (SSSR count). The highest BCUT2D eigenvalue weighted by Gasteiger charge is 2.09. The number of hydrazone groups is 1. The van der Waals surface area contributed by atoms with Gasteiger partial charge >= 0.3 is 0 Å². The van der Waals surface area contributed by atoms with Crippen molar-refractivity contribution in [1.82, 2.24) is 14.4 Å². The zero-order chi connectivity index (χ0) is 15.8. The van der Waals surface area contributed by atoms with E-state index in [1.807, 2.05) is 40.2 Å². The van der Waals surface area contributed by atoms with Gasteiger partial charge in [-0.3, -0.25) is 14.8 Å². The number of aromatic nitrogens is 3. The normalized spacial score (nSPS) is 11.7. The van der Waals surface area contributed by atoms with Gasteiger partial charge < -0.3 is 0 Å². The van der Waals surface area contributed by atoms with Crippen LogP contribution in [-0.4, -0.2) is 20.6 Å². The van der Waals surface area contributed by atoms with Crippen molar-refractivity contribution >= 4 is 62.3 Å². The summed E-state index contributed by atoms with van der Waals surface area (Å²) in [7, 11) is 0. The van der Waals surface area contributed by atoms with E-state index in [1.54, 1.807) is 12.4 Å². The van der Waals surface area contributed by atoms with E-state index in [9.17, 15) is 0 Å². The van der Waals surface area contributed by atoms with Gasteiger partial charge in [-0.2, -0.15) is 5.10 Å². The third-order valence-corrected chi connectivity index (χ3v) is 4.60. The fraction of sp³-hybridized carbons (Fsp3) is 0. The van der Waals surface area contributed by atoms with Gasteiger partial charge in [-0.1, -0.05) is 23.2 Å². The molecule has 0 atom stereocenters. The molecule has 0 fully saturated rings. The van der Waals surface area contributed by atoms with Gasteiger partial charge in [0.1, 0.15) is 5.69 Å². The number of benzene rings is 1. The second-order valence-corrected chi connectivity index (χ2v) is 6.40. The Kier molecular flexibility index (Phi) is 3.65. The Balaban J connectivity index is 1.66. The number of nitrogens with one attached hydrogen (secondary N) is 1. The minimum atomic E-state index is 0.425. The second-order valence-electron chi connectivity index (χ2n) is 4.73. The summed E-state index contributed by atoms with van der Waals surface area (Å²) < 4.78 is 1.89. The van der Waals surface area contributed by atoms with Crippen molar-refractivity contribution in [3.05, 3.63) is 57.9 Å². The van der Waals surface area contributed by atoms with Crippen molar-refractivity contribution in [3.63, 3.8) is 0 Å². The Morgan fingerprint density at radius 2 is 2.17 bits per heavy atom. The molecule has 0 saturated heterocycles. The maximum atomic E-state index is 6.13. The molecule has 4 aromatic rings. The lowest BCUT2D eigenvalue weighted by atomic mass is 10.2.